The minimum Gasteiger partial charge on any atom is -0.207 e. The Morgan fingerprint density at radius 3 is 2.77 bits per heavy atom. The van der Waals surface area contributed by atoms with Gasteiger partial charge in [0, 0.05) is 5.56 Å². The zero-order valence-corrected chi connectivity index (χ0v) is 8.05. The van der Waals surface area contributed by atoms with E-state index in [4.69, 9.17) is 0 Å². The van der Waals surface area contributed by atoms with Gasteiger partial charge >= 0.3 is 0 Å². The van der Waals surface area contributed by atoms with Crippen LogP contribution in [0.5, 0.6) is 0 Å². The number of halogens is 2. The highest BCUT2D eigenvalue weighted by molar-refractivity contribution is 9.10. The largest absolute Gasteiger partial charge is 0.207 e. The maximum absolute atomic E-state index is 12.8. The summed E-state index contributed by atoms with van der Waals surface area (Å²) in [6.45, 7) is 0. The molecule has 1 aromatic heterocycles. The predicted molar refractivity (Wildman–Crippen MR) is 49.5 cm³/mol. The Hall–Kier alpha value is -1.23. The normalized spacial score (nSPS) is 10.3. The number of hydrogen-bond acceptors (Lipinski definition) is 2. The number of hydrogen-bond donors (Lipinski definition) is 1. The van der Waals surface area contributed by atoms with Gasteiger partial charge in [-0.1, -0.05) is 12.1 Å². The molecule has 1 aromatic carbocycles. The first kappa shape index (κ1) is 8.37. The summed E-state index contributed by atoms with van der Waals surface area (Å²) in [5.41, 5.74) is 1.31. The Balaban J connectivity index is 2.53. The smallest absolute Gasteiger partial charge is 0.156 e. The van der Waals surface area contributed by atoms with E-state index in [-0.39, 0.29) is 5.82 Å². The van der Waals surface area contributed by atoms with Crippen molar-refractivity contribution in [1.29, 1.82) is 0 Å². The van der Waals surface area contributed by atoms with Crippen LogP contribution in [0.2, 0.25) is 0 Å². The molecule has 0 aliphatic rings. The standard InChI is InChI=1S/C8H5BrFN3/c9-8-7(11-13-12-8)5-2-1-3-6(10)4-5/h1-4H,(H,11,12,13). The molecule has 0 saturated heterocycles. The van der Waals surface area contributed by atoms with E-state index >= 15 is 0 Å². The Morgan fingerprint density at radius 2 is 2.15 bits per heavy atom. The number of aromatic amines is 1. The van der Waals surface area contributed by atoms with Crippen LogP contribution in [0.25, 0.3) is 11.3 Å². The van der Waals surface area contributed by atoms with E-state index in [2.05, 4.69) is 31.3 Å². The van der Waals surface area contributed by atoms with Gasteiger partial charge in [-0.25, -0.2) is 4.39 Å². The molecule has 13 heavy (non-hydrogen) atoms. The fourth-order valence-electron chi connectivity index (χ4n) is 1.04. The van der Waals surface area contributed by atoms with Crippen LogP contribution in [0, 0.1) is 5.82 Å². The van der Waals surface area contributed by atoms with Crippen molar-refractivity contribution in [2.24, 2.45) is 0 Å². The molecule has 0 spiro atoms. The third-order valence-electron chi connectivity index (χ3n) is 1.60. The first-order chi connectivity index (χ1) is 6.27. The van der Waals surface area contributed by atoms with Crippen LogP contribution in [0.4, 0.5) is 4.39 Å². The van der Waals surface area contributed by atoms with Crippen LogP contribution in [0.1, 0.15) is 0 Å². The highest BCUT2D eigenvalue weighted by Crippen LogP contribution is 2.23. The fraction of sp³-hybridized carbons (Fsp3) is 0. The zero-order chi connectivity index (χ0) is 9.26. The van der Waals surface area contributed by atoms with Gasteiger partial charge < -0.3 is 0 Å². The molecular formula is C8H5BrFN3. The molecule has 5 heteroatoms. The van der Waals surface area contributed by atoms with Crippen molar-refractivity contribution in [2.45, 2.75) is 0 Å². The minimum absolute atomic E-state index is 0.285. The minimum atomic E-state index is -0.285. The van der Waals surface area contributed by atoms with E-state index < -0.39 is 0 Å². The average Bonchev–Trinajstić information content (AvgIpc) is 2.51. The zero-order valence-electron chi connectivity index (χ0n) is 6.46. The Kier molecular flexibility index (Phi) is 2.10. The first-order valence-corrected chi connectivity index (χ1v) is 4.39. The van der Waals surface area contributed by atoms with E-state index in [1.54, 1.807) is 12.1 Å². The van der Waals surface area contributed by atoms with Crippen LogP contribution in [0.15, 0.2) is 28.9 Å². The van der Waals surface area contributed by atoms with Gasteiger partial charge in [-0.05, 0) is 28.1 Å². The van der Waals surface area contributed by atoms with Gasteiger partial charge in [0.05, 0.1) is 0 Å². The fourth-order valence-corrected chi connectivity index (χ4v) is 1.43. The molecule has 0 fully saturated rings. The third kappa shape index (κ3) is 1.60. The number of rotatable bonds is 1. The second kappa shape index (κ2) is 3.26. The molecule has 1 heterocycles. The lowest BCUT2D eigenvalue weighted by Crippen LogP contribution is -1.80. The monoisotopic (exact) mass is 241 g/mol. The predicted octanol–water partition coefficient (Wildman–Crippen LogP) is 2.37. The summed E-state index contributed by atoms with van der Waals surface area (Å²) < 4.78 is 13.4. The van der Waals surface area contributed by atoms with E-state index in [0.29, 0.717) is 15.9 Å². The SMILES string of the molecule is Fc1cccc(-c2n[nH]nc2Br)c1. The molecule has 1 N–H and O–H groups in total. The number of nitrogens with zero attached hydrogens (tertiary/aromatic N) is 2. The molecule has 0 aliphatic heterocycles. The average molecular weight is 242 g/mol. The molecular weight excluding hydrogens is 237 g/mol. The summed E-state index contributed by atoms with van der Waals surface area (Å²) in [6.07, 6.45) is 0. The van der Waals surface area contributed by atoms with Crippen LogP contribution in [0.3, 0.4) is 0 Å². The van der Waals surface area contributed by atoms with Gasteiger partial charge in [-0.2, -0.15) is 10.3 Å². The number of aromatic nitrogens is 3. The van der Waals surface area contributed by atoms with Gasteiger partial charge in [0.25, 0.3) is 0 Å². The van der Waals surface area contributed by atoms with E-state index in [1.165, 1.54) is 12.1 Å². The maximum Gasteiger partial charge on any atom is 0.156 e. The number of nitrogens with one attached hydrogen (secondary N) is 1. The molecule has 66 valence electrons. The van der Waals surface area contributed by atoms with Crippen LogP contribution < -0.4 is 0 Å². The van der Waals surface area contributed by atoms with E-state index in [0.717, 1.165) is 0 Å². The molecule has 0 amide bonds. The summed E-state index contributed by atoms with van der Waals surface area (Å²) in [7, 11) is 0. The molecule has 0 unspecified atom stereocenters. The van der Waals surface area contributed by atoms with Crippen molar-refractivity contribution in [3.63, 3.8) is 0 Å². The molecule has 2 aromatic rings. The highest BCUT2D eigenvalue weighted by atomic mass is 79.9. The van der Waals surface area contributed by atoms with Gasteiger partial charge in [-0.3, -0.25) is 0 Å². The quantitative estimate of drug-likeness (QED) is 0.833. The molecule has 0 saturated carbocycles. The molecule has 0 aliphatic carbocycles. The number of H-pyrrole nitrogens is 1. The van der Waals surface area contributed by atoms with E-state index in [9.17, 15) is 4.39 Å². The lowest BCUT2D eigenvalue weighted by Gasteiger charge is -1.95. The number of benzene rings is 1. The van der Waals surface area contributed by atoms with Gasteiger partial charge in [0.1, 0.15) is 11.5 Å². The molecule has 0 radical (unpaired) electrons. The molecule has 0 bridgehead atoms. The molecule has 0 atom stereocenters. The second-order valence-corrected chi connectivity index (χ2v) is 3.22. The van der Waals surface area contributed by atoms with Gasteiger partial charge in [0.15, 0.2) is 4.60 Å². The summed E-state index contributed by atoms with van der Waals surface area (Å²) in [5.74, 6) is -0.285. The summed E-state index contributed by atoms with van der Waals surface area (Å²) >= 11 is 3.20. The van der Waals surface area contributed by atoms with Crippen LogP contribution in [-0.4, -0.2) is 15.4 Å². The lowest BCUT2D eigenvalue weighted by molar-refractivity contribution is 0.628. The molecule has 3 nitrogen and oxygen atoms in total. The first-order valence-electron chi connectivity index (χ1n) is 3.59. The van der Waals surface area contributed by atoms with Gasteiger partial charge in [-0.15, -0.1) is 5.10 Å². The topological polar surface area (TPSA) is 41.6 Å². The summed E-state index contributed by atoms with van der Waals surface area (Å²) in [6, 6.07) is 6.19. The Labute approximate surface area is 82.1 Å². The molecule has 2 rings (SSSR count). The third-order valence-corrected chi connectivity index (χ3v) is 2.16. The van der Waals surface area contributed by atoms with Gasteiger partial charge in [0.2, 0.25) is 0 Å². The Morgan fingerprint density at radius 1 is 1.31 bits per heavy atom. The highest BCUT2D eigenvalue weighted by Gasteiger charge is 2.07. The van der Waals surface area contributed by atoms with Crippen molar-refractivity contribution >= 4 is 15.9 Å². The van der Waals surface area contributed by atoms with Crippen molar-refractivity contribution in [3.05, 3.63) is 34.7 Å². The van der Waals surface area contributed by atoms with E-state index in [1.807, 2.05) is 0 Å². The Bertz CT molecular complexity index is 427. The van der Waals surface area contributed by atoms with Crippen molar-refractivity contribution < 1.29 is 4.39 Å². The lowest BCUT2D eigenvalue weighted by atomic mass is 10.2. The maximum atomic E-state index is 12.8. The van der Waals surface area contributed by atoms with Crippen LogP contribution >= 0.6 is 15.9 Å². The summed E-state index contributed by atoms with van der Waals surface area (Å²) in [5, 5.41) is 10.1. The van der Waals surface area contributed by atoms with Crippen LogP contribution in [-0.2, 0) is 0 Å². The second-order valence-electron chi connectivity index (χ2n) is 2.47. The van der Waals surface area contributed by atoms with Crippen molar-refractivity contribution in [1.82, 2.24) is 15.4 Å². The summed E-state index contributed by atoms with van der Waals surface area (Å²) in [4.78, 5) is 0. The van der Waals surface area contributed by atoms with Crippen molar-refractivity contribution in [3.8, 4) is 11.3 Å². The van der Waals surface area contributed by atoms with Crippen molar-refractivity contribution in [2.75, 3.05) is 0 Å².